The van der Waals surface area contributed by atoms with Gasteiger partial charge in [-0.05, 0) is 43.3 Å². The number of nitrogens with one attached hydrogen (secondary N) is 2. The molecule has 0 aliphatic carbocycles. The minimum atomic E-state index is 0.488. The van der Waals surface area contributed by atoms with Crippen molar-refractivity contribution in [3.63, 3.8) is 0 Å². The Hall–Kier alpha value is -4.28. The van der Waals surface area contributed by atoms with E-state index in [0.29, 0.717) is 22.3 Å². The molecule has 10 nitrogen and oxygen atoms in total. The maximum atomic E-state index is 6.81. The number of aromatic nitrogens is 7. The Morgan fingerprint density at radius 3 is 2.68 bits per heavy atom. The first-order chi connectivity index (χ1) is 18.1. The van der Waals surface area contributed by atoms with E-state index >= 15 is 0 Å². The SMILES string of the molecule is Cc1nc2ccc(-c3cc4cnc(Nc5ccc(N6CCOCC6)cc5)nc4n4cnnc34)c(Cl)c2[nH]1. The van der Waals surface area contributed by atoms with Gasteiger partial charge in [-0.1, -0.05) is 17.7 Å². The third-order valence-electron chi connectivity index (χ3n) is 6.62. The van der Waals surface area contributed by atoms with Crippen LogP contribution in [0, 0.1) is 6.92 Å². The zero-order valence-electron chi connectivity index (χ0n) is 19.9. The van der Waals surface area contributed by atoms with E-state index in [1.54, 1.807) is 12.5 Å². The molecule has 1 saturated heterocycles. The number of pyridine rings is 1. The summed E-state index contributed by atoms with van der Waals surface area (Å²) >= 11 is 6.81. The molecule has 1 aliphatic heterocycles. The summed E-state index contributed by atoms with van der Waals surface area (Å²) in [6, 6.07) is 14.2. The number of anilines is 3. The first-order valence-electron chi connectivity index (χ1n) is 12.0. The Morgan fingerprint density at radius 2 is 1.84 bits per heavy atom. The van der Waals surface area contributed by atoms with Crippen molar-refractivity contribution in [2.45, 2.75) is 6.92 Å². The summed E-state index contributed by atoms with van der Waals surface area (Å²) in [5.74, 6) is 1.30. The highest BCUT2D eigenvalue weighted by molar-refractivity contribution is 6.38. The number of benzene rings is 2. The summed E-state index contributed by atoms with van der Waals surface area (Å²) < 4.78 is 7.31. The first kappa shape index (κ1) is 22.0. The predicted octanol–water partition coefficient (Wildman–Crippen LogP) is 4.76. The van der Waals surface area contributed by atoms with Gasteiger partial charge >= 0.3 is 0 Å². The average Bonchev–Trinajstić information content (AvgIpc) is 3.57. The monoisotopic (exact) mass is 511 g/mol. The second-order valence-corrected chi connectivity index (χ2v) is 9.35. The lowest BCUT2D eigenvalue weighted by atomic mass is 10.0. The number of nitrogens with zero attached hydrogens (tertiary/aromatic N) is 7. The van der Waals surface area contributed by atoms with Crippen LogP contribution in [0.25, 0.3) is 38.8 Å². The van der Waals surface area contributed by atoms with Gasteiger partial charge in [-0.25, -0.2) is 9.97 Å². The first-order valence-corrected chi connectivity index (χ1v) is 12.4. The molecule has 4 aromatic heterocycles. The lowest BCUT2D eigenvalue weighted by molar-refractivity contribution is 0.122. The molecule has 11 heteroatoms. The van der Waals surface area contributed by atoms with E-state index in [1.807, 2.05) is 41.7 Å². The quantitative estimate of drug-likeness (QED) is 0.349. The van der Waals surface area contributed by atoms with E-state index in [1.165, 1.54) is 5.69 Å². The minimum absolute atomic E-state index is 0.488. The van der Waals surface area contributed by atoms with E-state index in [4.69, 9.17) is 21.3 Å². The summed E-state index contributed by atoms with van der Waals surface area (Å²) in [7, 11) is 0. The van der Waals surface area contributed by atoms with Crippen molar-refractivity contribution >= 4 is 56.6 Å². The maximum Gasteiger partial charge on any atom is 0.229 e. The summed E-state index contributed by atoms with van der Waals surface area (Å²) in [5.41, 5.74) is 6.72. The molecule has 0 spiro atoms. The Bertz CT molecular complexity index is 1770. The zero-order chi connectivity index (χ0) is 24.9. The molecule has 0 radical (unpaired) electrons. The van der Waals surface area contributed by atoms with Crippen molar-refractivity contribution in [2.24, 2.45) is 0 Å². The predicted molar refractivity (Wildman–Crippen MR) is 144 cm³/mol. The van der Waals surface area contributed by atoms with E-state index in [-0.39, 0.29) is 0 Å². The fourth-order valence-corrected chi connectivity index (χ4v) is 5.12. The van der Waals surface area contributed by atoms with Crippen molar-refractivity contribution in [3.05, 3.63) is 65.8 Å². The third-order valence-corrected chi connectivity index (χ3v) is 7.01. The molecule has 0 atom stereocenters. The Labute approximate surface area is 216 Å². The molecule has 5 heterocycles. The standard InChI is InChI=1S/C26H22ClN9O/c1-15-30-21-7-6-19(22(27)23(21)31-15)20-12-16-13-28-26(33-24(16)36-14-29-34-25(20)36)32-17-2-4-18(5-3-17)35-8-10-37-11-9-35/h2-7,12-14H,8-11H2,1H3,(H,30,31)(H,28,32,33). The second kappa shape index (κ2) is 8.68. The van der Waals surface area contributed by atoms with E-state index < -0.39 is 0 Å². The maximum absolute atomic E-state index is 6.81. The molecule has 37 heavy (non-hydrogen) atoms. The van der Waals surface area contributed by atoms with E-state index in [0.717, 1.165) is 65.4 Å². The van der Waals surface area contributed by atoms with Crippen LogP contribution in [-0.2, 0) is 4.74 Å². The van der Waals surface area contributed by atoms with Gasteiger partial charge in [-0.15, -0.1) is 10.2 Å². The van der Waals surface area contributed by atoms with Crippen molar-refractivity contribution < 1.29 is 4.74 Å². The molecule has 0 saturated carbocycles. The van der Waals surface area contributed by atoms with E-state index in [2.05, 4.69) is 47.5 Å². The van der Waals surface area contributed by atoms with Crippen LogP contribution in [0.2, 0.25) is 5.02 Å². The van der Waals surface area contributed by atoms with Crippen LogP contribution in [0.4, 0.5) is 17.3 Å². The number of aryl methyl sites for hydroxylation is 1. The van der Waals surface area contributed by atoms with Crippen LogP contribution in [0.5, 0.6) is 0 Å². The molecule has 1 aliphatic rings. The highest BCUT2D eigenvalue weighted by Crippen LogP contribution is 2.36. The van der Waals surface area contributed by atoms with Gasteiger partial charge in [0.1, 0.15) is 12.2 Å². The lowest BCUT2D eigenvalue weighted by Crippen LogP contribution is -2.36. The van der Waals surface area contributed by atoms with Gasteiger partial charge in [-0.3, -0.25) is 4.40 Å². The highest BCUT2D eigenvalue weighted by Gasteiger charge is 2.17. The van der Waals surface area contributed by atoms with Gasteiger partial charge < -0.3 is 19.9 Å². The van der Waals surface area contributed by atoms with Crippen LogP contribution in [0.3, 0.4) is 0 Å². The van der Waals surface area contributed by atoms with Crippen LogP contribution in [-0.4, -0.2) is 60.8 Å². The van der Waals surface area contributed by atoms with Gasteiger partial charge in [0.25, 0.3) is 0 Å². The number of hydrogen-bond acceptors (Lipinski definition) is 8. The molecular weight excluding hydrogens is 490 g/mol. The summed E-state index contributed by atoms with van der Waals surface area (Å²) in [4.78, 5) is 19.4. The van der Waals surface area contributed by atoms with Gasteiger partial charge in [0.05, 0.1) is 29.3 Å². The lowest BCUT2D eigenvalue weighted by Gasteiger charge is -2.28. The van der Waals surface area contributed by atoms with Crippen molar-refractivity contribution in [1.29, 1.82) is 0 Å². The van der Waals surface area contributed by atoms with Gasteiger partial charge in [0.15, 0.2) is 11.3 Å². The number of ether oxygens (including phenoxy) is 1. The number of imidazole rings is 1. The van der Waals surface area contributed by atoms with Crippen LogP contribution in [0.1, 0.15) is 5.82 Å². The van der Waals surface area contributed by atoms with Crippen molar-refractivity contribution in [1.82, 2.24) is 34.5 Å². The molecule has 184 valence electrons. The largest absolute Gasteiger partial charge is 0.378 e. The number of rotatable bonds is 4. The average molecular weight is 512 g/mol. The van der Waals surface area contributed by atoms with Crippen LogP contribution in [0.15, 0.2) is 55.0 Å². The molecule has 0 unspecified atom stereocenters. The minimum Gasteiger partial charge on any atom is -0.378 e. The highest BCUT2D eigenvalue weighted by atomic mass is 35.5. The Morgan fingerprint density at radius 1 is 1.00 bits per heavy atom. The summed E-state index contributed by atoms with van der Waals surface area (Å²) in [6.45, 7) is 5.22. The number of morpholine rings is 1. The number of fused-ring (bicyclic) bond motifs is 4. The molecule has 0 amide bonds. The molecule has 2 N–H and O–H groups in total. The third kappa shape index (κ3) is 3.81. The topological polar surface area (TPSA) is 109 Å². The molecule has 7 rings (SSSR count). The van der Waals surface area contributed by atoms with Gasteiger partial charge in [0.2, 0.25) is 5.95 Å². The van der Waals surface area contributed by atoms with Crippen LogP contribution >= 0.6 is 11.6 Å². The molecular formula is C26H22ClN9O. The Kier molecular flexibility index (Phi) is 5.15. The molecule has 0 bridgehead atoms. The van der Waals surface area contributed by atoms with Crippen molar-refractivity contribution in [3.8, 4) is 11.1 Å². The smallest absolute Gasteiger partial charge is 0.229 e. The van der Waals surface area contributed by atoms with Crippen LogP contribution < -0.4 is 10.2 Å². The summed E-state index contributed by atoms with van der Waals surface area (Å²) in [5, 5.41) is 13.3. The Balaban J connectivity index is 1.25. The fraction of sp³-hybridized carbons (Fsp3) is 0.192. The number of halogens is 1. The fourth-order valence-electron chi connectivity index (χ4n) is 4.81. The number of H-pyrrole nitrogens is 1. The number of aromatic amines is 1. The van der Waals surface area contributed by atoms with Gasteiger partial charge in [0, 0.05) is 47.2 Å². The summed E-state index contributed by atoms with van der Waals surface area (Å²) in [6.07, 6.45) is 3.45. The van der Waals surface area contributed by atoms with E-state index in [9.17, 15) is 0 Å². The second-order valence-electron chi connectivity index (χ2n) is 8.97. The van der Waals surface area contributed by atoms with Gasteiger partial charge in [-0.2, -0.15) is 4.98 Å². The number of hydrogen-bond donors (Lipinski definition) is 2. The normalized spacial score (nSPS) is 14.2. The molecule has 2 aromatic carbocycles. The molecule has 1 fully saturated rings. The molecule has 6 aromatic rings. The van der Waals surface area contributed by atoms with Crippen molar-refractivity contribution in [2.75, 3.05) is 36.5 Å². The zero-order valence-corrected chi connectivity index (χ0v) is 20.7.